The highest BCUT2D eigenvalue weighted by Crippen LogP contribution is 2.30. The van der Waals surface area contributed by atoms with E-state index in [2.05, 4.69) is 4.98 Å². The first-order valence-corrected chi connectivity index (χ1v) is 8.80. The van der Waals surface area contributed by atoms with Gasteiger partial charge in [-0.3, -0.25) is 0 Å². The Hall–Kier alpha value is -0.540. The maximum Gasteiger partial charge on any atom is 0.282 e. The number of thiazole rings is 1. The molecule has 0 spiro atoms. The van der Waals surface area contributed by atoms with Gasteiger partial charge in [-0.25, -0.2) is 4.98 Å². The molecule has 0 bridgehead atoms. The Morgan fingerprint density at radius 1 is 1.35 bits per heavy atom. The predicted octanol–water partition coefficient (Wildman–Crippen LogP) is 1.33. The van der Waals surface area contributed by atoms with E-state index in [9.17, 15) is 8.42 Å². The molecule has 1 saturated heterocycles. The van der Waals surface area contributed by atoms with Crippen molar-refractivity contribution in [3.05, 3.63) is 15.6 Å². The molecule has 0 aromatic carbocycles. The summed E-state index contributed by atoms with van der Waals surface area (Å²) in [6.45, 7) is 7.51. The van der Waals surface area contributed by atoms with Crippen LogP contribution < -0.4 is 0 Å². The predicted molar refractivity (Wildman–Crippen MR) is 79.1 cm³/mol. The second-order valence-electron chi connectivity index (χ2n) is 4.89. The van der Waals surface area contributed by atoms with Gasteiger partial charge < -0.3 is 4.74 Å². The number of nitrogens with zero attached hydrogens (tertiary/aromatic N) is 3. The highest BCUT2D eigenvalue weighted by Gasteiger charge is 2.33. The summed E-state index contributed by atoms with van der Waals surface area (Å²) in [4.78, 5) is 5.37. The van der Waals surface area contributed by atoms with Crippen LogP contribution in [0, 0.1) is 13.8 Å². The number of hydrogen-bond donors (Lipinski definition) is 0. The Morgan fingerprint density at radius 2 is 1.95 bits per heavy atom. The quantitative estimate of drug-likeness (QED) is 0.840. The Kier molecular flexibility index (Phi) is 4.80. The van der Waals surface area contributed by atoms with Crippen molar-refractivity contribution in [1.29, 1.82) is 0 Å². The maximum atomic E-state index is 12.6. The number of aryl methyl sites for hydroxylation is 2. The molecule has 1 aromatic heterocycles. The molecule has 0 aliphatic carbocycles. The monoisotopic (exact) mass is 319 g/mol. The average molecular weight is 319 g/mol. The van der Waals surface area contributed by atoms with E-state index in [0.717, 1.165) is 15.6 Å². The fraction of sp³-hybridized carbons (Fsp3) is 0.750. The molecule has 1 aliphatic heterocycles. The molecule has 1 aliphatic rings. The molecule has 0 amide bonds. The van der Waals surface area contributed by atoms with Crippen LogP contribution in [0.5, 0.6) is 0 Å². The maximum absolute atomic E-state index is 12.6. The van der Waals surface area contributed by atoms with E-state index >= 15 is 0 Å². The lowest BCUT2D eigenvalue weighted by molar-refractivity contribution is 0.0700. The van der Waals surface area contributed by atoms with Crippen LogP contribution in [-0.2, 0) is 14.9 Å². The minimum Gasteiger partial charge on any atom is -0.379 e. The van der Waals surface area contributed by atoms with Gasteiger partial charge >= 0.3 is 0 Å². The van der Waals surface area contributed by atoms with Crippen LogP contribution in [0.15, 0.2) is 0 Å². The summed E-state index contributed by atoms with van der Waals surface area (Å²) in [5, 5.41) is 0.960. The van der Waals surface area contributed by atoms with Gasteiger partial charge in [-0.05, 0) is 20.8 Å². The van der Waals surface area contributed by atoms with E-state index in [1.54, 1.807) is 18.4 Å². The zero-order valence-corrected chi connectivity index (χ0v) is 13.9. The molecular formula is C12H21N3O3S2. The zero-order valence-electron chi connectivity index (χ0n) is 12.3. The van der Waals surface area contributed by atoms with Crippen molar-refractivity contribution in [2.24, 2.45) is 0 Å². The second-order valence-corrected chi connectivity index (χ2v) is 8.12. The molecule has 2 heterocycles. The third kappa shape index (κ3) is 3.04. The third-order valence-electron chi connectivity index (χ3n) is 3.52. The molecule has 1 aromatic rings. The first-order valence-electron chi connectivity index (χ1n) is 6.59. The van der Waals surface area contributed by atoms with Crippen LogP contribution in [0.1, 0.15) is 28.5 Å². The normalized spacial score (nSPS) is 19.4. The van der Waals surface area contributed by atoms with E-state index in [1.807, 2.05) is 20.8 Å². The van der Waals surface area contributed by atoms with Gasteiger partial charge in [0.15, 0.2) is 0 Å². The van der Waals surface area contributed by atoms with Gasteiger partial charge in [0, 0.05) is 25.0 Å². The van der Waals surface area contributed by atoms with Gasteiger partial charge in [-0.15, -0.1) is 11.3 Å². The topological polar surface area (TPSA) is 62.7 Å². The van der Waals surface area contributed by atoms with Crippen LogP contribution in [0.2, 0.25) is 0 Å². The molecule has 0 radical (unpaired) electrons. The lowest BCUT2D eigenvalue weighted by Gasteiger charge is -2.32. The van der Waals surface area contributed by atoms with Crippen molar-refractivity contribution >= 4 is 21.5 Å². The molecule has 0 saturated carbocycles. The van der Waals surface area contributed by atoms with E-state index < -0.39 is 10.2 Å². The van der Waals surface area contributed by atoms with Crippen molar-refractivity contribution in [2.75, 3.05) is 33.4 Å². The lowest BCUT2D eigenvalue weighted by Crippen LogP contribution is -2.47. The van der Waals surface area contributed by atoms with Crippen LogP contribution >= 0.6 is 11.3 Å². The lowest BCUT2D eigenvalue weighted by atomic mass is 10.2. The number of ether oxygens (including phenoxy) is 1. The summed E-state index contributed by atoms with van der Waals surface area (Å²) >= 11 is 1.55. The molecule has 1 unspecified atom stereocenters. The van der Waals surface area contributed by atoms with Gasteiger partial charge in [-0.2, -0.15) is 17.0 Å². The van der Waals surface area contributed by atoms with Crippen molar-refractivity contribution in [3.8, 4) is 0 Å². The summed E-state index contributed by atoms with van der Waals surface area (Å²) in [5.74, 6) is 0. The molecule has 0 N–H and O–H groups in total. The van der Waals surface area contributed by atoms with E-state index in [0.29, 0.717) is 26.3 Å². The van der Waals surface area contributed by atoms with Crippen molar-refractivity contribution < 1.29 is 13.2 Å². The molecule has 1 fully saturated rings. The fourth-order valence-corrected chi connectivity index (χ4v) is 4.83. The van der Waals surface area contributed by atoms with Crippen molar-refractivity contribution in [2.45, 2.75) is 26.8 Å². The zero-order chi connectivity index (χ0) is 14.9. The molecule has 20 heavy (non-hydrogen) atoms. The summed E-state index contributed by atoms with van der Waals surface area (Å²) in [6.07, 6.45) is 0. The van der Waals surface area contributed by atoms with Crippen LogP contribution in [0.25, 0.3) is 0 Å². The van der Waals surface area contributed by atoms with Gasteiger partial charge in [0.25, 0.3) is 10.2 Å². The molecule has 114 valence electrons. The minimum absolute atomic E-state index is 0.214. The Morgan fingerprint density at radius 3 is 2.45 bits per heavy atom. The minimum atomic E-state index is -3.45. The fourth-order valence-electron chi connectivity index (χ4n) is 2.26. The highest BCUT2D eigenvalue weighted by atomic mass is 32.2. The standard InChI is InChI=1S/C12H21N3O3S2/c1-9-12(19-11(3)13-9)10(2)14(4)20(16,17)15-5-7-18-8-6-15/h10H,5-8H2,1-4H3. The van der Waals surface area contributed by atoms with Crippen molar-refractivity contribution in [3.63, 3.8) is 0 Å². The van der Waals surface area contributed by atoms with Crippen molar-refractivity contribution in [1.82, 2.24) is 13.6 Å². The number of rotatable bonds is 4. The van der Waals surface area contributed by atoms with Gasteiger partial charge in [0.1, 0.15) is 0 Å². The average Bonchev–Trinajstić information content (AvgIpc) is 2.77. The number of morpholine rings is 1. The van der Waals surface area contributed by atoms with Gasteiger partial charge in [0.05, 0.1) is 30.0 Å². The Labute approximate surface area is 124 Å². The van der Waals surface area contributed by atoms with Gasteiger partial charge in [-0.1, -0.05) is 0 Å². The Bertz CT molecular complexity index is 565. The summed E-state index contributed by atoms with van der Waals surface area (Å²) < 4.78 is 33.3. The third-order valence-corrected chi connectivity index (χ3v) is 6.83. The van der Waals surface area contributed by atoms with E-state index in [4.69, 9.17) is 4.74 Å². The molecule has 6 nitrogen and oxygen atoms in total. The largest absolute Gasteiger partial charge is 0.379 e. The number of aromatic nitrogens is 1. The molecular weight excluding hydrogens is 298 g/mol. The Balaban J connectivity index is 2.21. The second kappa shape index (κ2) is 6.07. The molecule has 8 heteroatoms. The molecule has 2 rings (SSSR count). The van der Waals surface area contributed by atoms with E-state index in [-0.39, 0.29) is 6.04 Å². The van der Waals surface area contributed by atoms with Crippen LogP contribution in [-0.4, -0.2) is 55.4 Å². The van der Waals surface area contributed by atoms with E-state index in [1.165, 1.54) is 8.61 Å². The molecule has 1 atom stereocenters. The van der Waals surface area contributed by atoms with Gasteiger partial charge in [0.2, 0.25) is 0 Å². The summed E-state index contributed by atoms with van der Waals surface area (Å²) in [5.41, 5.74) is 0.907. The van der Waals surface area contributed by atoms with Crippen LogP contribution in [0.3, 0.4) is 0 Å². The summed E-state index contributed by atoms with van der Waals surface area (Å²) in [7, 11) is -1.82. The van der Waals surface area contributed by atoms with Crippen LogP contribution in [0.4, 0.5) is 0 Å². The number of hydrogen-bond acceptors (Lipinski definition) is 5. The summed E-state index contributed by atoms with van der Waals surface area (Å²) in [6, 6.07) is -0.214. The first-order chi connectivity index (χ1) is 9.34. The highest BCUT2D eigenvalue weighted by molar-refractivity contribution is 7.86. The smallest absolute Gasteiger partial charge is 0.282 e. The SMILES string of the molecule is Cc1nc(C)c(C(C)N(C)S(=O)(=O)N2CCOCC2)s1. The first kappa shape index (κ1) is 15.8.